The first-order chi connectivity index (χ1) is 8.84. The lowest BCUT2D eigenvalue weighted by Gasteiger charge is -2.21. The van der Waals surface area contributed by atoms with Crippen molar-refractivity contribution < 1.29 is 0 Å². The number of rotatable bonds is 7. The van der Waals surface area contributed by atoms with E-state index in [0.717, 1.165) is 13.0 Å². The zero-order chi connectivity index (χ0) is 14.5. The third kappa shape index (κ3) is 5.62. The maximum atomic E-state index is 4.78. The topological polar surface area (TPSA) is 24.9 Å². The molecule has 0 aliphatic rings. The van der Waals surface area contributed by atoms with Crippen molar-refractivity contribution in [2.45, 2.75) is 72.3 Å². The SMILES string of the molecule is CCCNC(CCc1nc(C(C)(C)C)cs1)C(C)C. The number of nitrogens with one attached hydrogen (secondary N) is 1. The van der Waals surface area contributed by atoms with Crippen LogP contribution in [0.4, 0.5) is 0 Å². The van der Waals surface area contributed by atoms with Crippen molar-refractivity contribution in [2.75, 3.05) is 6.54 Å². The summed E-state index contributed by atoms with van der Waals surface area (Å²) in [6.45, 7) is 14.6. The standard InChI is InChI=1S/C16H30N2S/c1-7-10-17-13(12(2)3)8-9-15-18-14(11-19-15)16(4,5)6/h11-13,17H,7-10H2,1-6H3. The molecule has 110 valence electrons. The zero-order valence-electron chi connectivity index (χ0n) is 13.4. The summed E-state index contributed by atoms with van der Waals surface area (Å²) in [5.41, 5.74) is 1.40. The summed E-state index contributed by atoms with van der Waals surface area (Å²) in [7, 11) is 0. The van der Waals surface area contributed by atoms with Gasteiger partial charge in [-0.05, 0) is 25.3 Å². The molecule has 1 aromatic rings. The molecule has 1 unspecified atom stereocenters. The van der Waals surface area contributed by atoms with Gasteiger partial charge in [-0.2, -0.15) is 0 Å². The predicted molar refractivity (Wildman–Crippen MR) is 86.1 cm³/mol. The lowest BCUT2D eigenvalue weighted by Crippen LogP contribution is -2.34. The predicted octanol–water partition coefficient (Wildman–Crippen LogP) is 4.40. The highest BCUT2D eigenvalue weighted by Gasteiger charge is 2.18. The Bertz CT molecular complexity index is 363. The molecule has 3 heteroatoms. The second-order valence-corrected chi connectivity index (χ2v) is 7.66. The summed E-state index contributed by atoms with van der Waals surface area (Å²) in [6, 6.07) is 0.613. The molecule has 1 heterocycles. The third-order valence-corrected chi connectivity index (χ3v) is 4.36. The average molecular weight is 282 g/mol. The molecule has 0 spiro atoms. The monoisotopic (exact) mass is 282 g/mol. The smallest absolute Gasteiger partial charge is 0.0929 e. The second kappa shape index (κ2) is 7.39. The van der Waals surface area contributed by atoms with Gasteiger partial charge in [0.05, 0.1) is 10.7 Å². The van der Waals surface area contributed by atoms with E-state index >= 15 is 0 Å². The van der Waals surface area contributed by atoms with Gasteiger partial charge < -0.3 is 5.32 Å². The Kier molecular flexibility index (Phi) is 6.48. The summed E-state index contributed by atoms with van der Waals surface area (Å²) < 4.78 is 0. The highest BCUT2D eigenvalue weighted by Crippen LogP contribution is 2.25. The van der Waals surface area contributed by atoms with Crippen molar-refractivity contribution in [2.24, 2.45) is 5.92 Å². The van der Waals surface area contributed by atoms with Gasteiger partial charge in [0.15, 0.2) is 0 Å². The van der Waals surface area contributed by atoms with E-state index in [-0.39, 0.29) is 5.41 Å². The van der Waals surface area contributed by atoms with Gasteiger partial charge in [-0.25, -0.2) is 4.98 Å². The Morgan fingerprint density at radius 2 is 2.00 bits per heavy atom. The molecular weight excluding hydrogens is 252 g/mol. The van der Waals surface area contributed by atoms with Crippen LogP contribution in [-0.2, 0) is 11.8 Å². The second-order valence-electron chi connectivity index (χ2n) is 6.72. The number of hydrogen-bond donors (Lipinski definition) is 1. The Labute approximate surface area is 123 Å². The number of hydrogen-bond acceptors (Lipinski definition) is 3. The molecule has 1 rings (SSSR count). The molecule has 0 aromatic carbocycles. The van der Waals surface area contributed by atoms with E-state index in [1.54, 1.807) is 0 Å². The van der Waals surface area contributed by atoms with E-state index in [1.807, 2.05) is 11.3 Å². The van der Waals surface area contributed by atoms with E-state index in [1.165, 1.54) is 23.5 Å². The number of aryl methyl sites for hydroxylation is 1. The summed E-state index contributed by atoms with van der Waals surface area (Å²) in [5.74, 6) is 0.689. The fourth-order valence-electron chi connectivity index (χ4n) is 2.05. The number of aromatic nitrogens is 1. The molecule has 0 radical (unpaired) electrons. The molecule has 19 heavy (non-hydrogen) atoms. The van der Waals surface area contributed by atoms with Crippen molar-refractivity contribution in [3.05, 3.63) is 16.1 Å². The van der Waals surface area contributed by atoms with E-state index in [9.17, 15) is 0 Å². The van der Waals surface area contributed by atoms with Gasteiger partial charge in [-0.1, -0.05) is 41.5 Å². The van der Waals surface area contributed by atoms with Crippen molar-refractivity contribution >= 4 is 11.3 Å². The molecular formula is C16H30N2S. The molecule has 0 amide bonds. The molecule has 0 bridgehead atoms. The summed E-state index contributed by atoms with van der Waals surface area (Å²) in [4.78, 5) is 4.78. The molecule has 0 fully saturated rings. The summed E-state index contributed by atoms with van der Waals surface area (Å²) >= 11 is 1.82. The fraction of sp³-hybridized carbons (Fsp3) is 0.812. The lowest BCUT2D eigenvalue weighted by atomic mass is 9.93. The van der Waals surface area contributed by atoms with Crippen LogP contribution in [0.1, 0.15) is 65.1 Å². The highest BCUT2D eigenvalue weighted by atomic mass is 32.1. The average Bonchev–Trinajstić information content (AvgIpc) is 2.77. The van der Waals surface area contributed by atoms with Crippen LogP contribution in [0.5, 0.6) is 0 Å². The molecule has 0 saturated heterocycles. The van der Waals surface area contributed by atoms with Crippen LogP contribution in [0.25, 0.3) is 0 Å². The van der Waals surface area contributed by atoms with Gasteiger partial charge >= 0.3 is 0 Å². The molecule has 2 nitrogen and oxygen atoms in total. The van der Waals surface area contributed by atoms with Gasteiger partial charge in [0.2, 0.25) is 0 Å². The van der Waals surface area contributed by atoms with Crippen LogP contribution >= 0.6 is 11.3 Å². The van der Waals surface area contributed by atoms with Gasteiger partial charge in [0.25, 0.3) is 0 Å². The first kappa shape index (κ1) is 16.6. The number of nitrogens with zero attached hydrogens (tertiary/aromatic N) is 1. The molecule has 1 aromatic heterocycles. The normalized spacial score (nSPS) is 14.1. The van der Waals surface area contributed by atoms with Gasteiger partial charge in [-0.15, -0.1) is 11.3 Å². The zero-order valence-corrected chi connectivity index (χ0v) is 14.2. The van der Waals surface area contributed by atoms with E-state index < -0.39 is 0 Å². The first-order valence-electron chi connectivity index (χ1n) is 7.52. The van der Waals surface area contributed by atoms with Crippen molar-refractivity contribution in [3.63, 3.8) is 0 Å². The minimum Gasteiger partial charge on any atom is -0.314 e. The molecule has 0 saturated carbocycles. The van der Waals surface area contributed by atoms with Crippen LogP contribution in [-0.4, -0.2) is 17.6 Å². The quantitative estimate of drug-likeness (QED) is 0.802. The third-order valence-electron chi connectivity index (χ3n) is 3.45. The molecule has 0 aliphatic carbocycles. The van der Waals surface area contributed by atoms with Crippen molar-refractivity contribution in [3.8, 4) is 0 Å². The van der Waals surface area contributed by atoms with E-state index in [2.05, 4.69) is 52.2 Å². The number of thiazole rings is 1. The molecule has 1 atom stereocenters. The lowest BCUT2D eigenvalue weighted by molar-refractivity contribution is 0.378. The van der Waals surface area contributed by atoms with Crippen LogP contribution in [0.2, 0.25) is 0 Å². The van der Waals surface area contributed by atoms with Gasteiger partial charge in [-0.3, -0.25) is 0 Å². The van der Waals surface area contributed by atoms with Gasteiger partial charge in [0, 0.05) is 23.3 Å². The Hall–Kier alpha value is -0.410. The Morgan fingerprint density at radius 1 is 1.32 bits per heavy atom. The van der Waals surface area contributed by atoms with Crippen molar-refractivity contribution in [1.82, 2.24) is 10.3 Å². The fourth-order valence-corrected chi connectivity index (χ4v) is 3.09. The molecule has 0 aliphatic heterocycles. The minimum atomic E-state index is 0.173. The van der Waals surface area contributed by atoms with Crippen LogP contribution < -0.4 is 5.32 Å². The summed E-state index contributed by atoms with van der Waals surface area (Å²) in [5, 5.41) is 7.16. The highest BCUT2D eigenvalue weighted by molar-refractivity contribution is 7.09. The van der Waals surface area contributed by atoms with Crippen molar-refractivity contribution in [1.29, 1.82) is 0 Å². The summed E-state index contributed by atoms with van der Waals surface area (Å²) in [6.07, 6.45) is 3.49. The maximum Gasteiger partial charge on any atom is 0.0929 e. The molecule has 1 N–H and O–H groups in total. The van der Waals surface area contributed by atoms with E-state index in [0.29, 0.717) is 12.0 Å². The Morgan fingerprint density at radius 3 is 2.47 bits per heavy atom. The first-order valence-corrected chi connectivity index (χ1v) is 8.40. The van der Waals surface area contributed by atoms with Gasteiger partial charge in [0.1, 0.15) is 0 Å². The van der Waals surface area contributed by atoms with E-state index in [4.69, 9.17) is 4.98 Å². The van der Waals surface area contributed by atoms with Crippen LogP contribution in [0.3, 0.4) is 0 Å². The van der Waals surface area contributed by atoms with Crippen LogP contribution in [0, 0.1) is 5.92 Å². The minimum absolute atomic E-state index is 0.173. The Balaban J connectivity index is 2.52. The maximum absolute atomic E-state index is 4.78. The largest absolute Gasteiger partial charge is 0.314 e. The van der Waals surface area contributed by atoms with Crippen LogP contribution in [0.15, 0.2) is 5.38 Å².